The summed E-state index contributed by atoms with van der Waals surface area (Å²) in [5.41, 5.74) is 5.77. The summed E-state index contributed by atoms with van der Waals surface area (Å²) in [6.45, 7) is 0. The largest absolute Gasteiger partial charge is 0.433 e. The highest BCUT2D eigenvalue weighted by Gasteiger charge is 2.31. The number of nitrogens with two attached hydrogens (primary N) is 1. The molecule has 0 bridgehead atoms. The SMILES string of the molecule is NC(=O)c1cc(Cc2ccc(C(F)(F)F)nc2)c[nH]1. The molecule has 0 fully saturated rings. The van der Waals surface area contributed by atoms with Crippen LogP contribution in [0, 0.1) is 0 Å². The predicted molar refractivity (Wildman–Crippen MR) is 61.4 cm³/mol. The van der Waals surface area contributed by atoms with Crippen LogP contribution in [0.3, 0.4) is 0 Å². The summed E-state index contributed by atoms with van der Waals surface area (Å²) in [4.78, 5) is 16.9. The first-order valence-corrected chi connectivity index (χ1v) is 5.35. The number of alkyl halides is 3. The van der Waals surface area contributed by atoms with Gasteiger partial charge in [-0.1, -0.05) is 6.07 Å². The van der Waals surface area contributed by atoms with Crippen LogP contribution in [0.15, 0.2) is 30.6 Å². The number of rotatable bonds is 3. The Morgan fingerprint density at radius 3 is 2.53 bits per heavy atom. The summed E-state index contributed by atoms with van der Waals surface area (Å²) in [5.74, 6) is -0.586. The molecule has 2 heterocycles. The molecule has 2 rings (SSSR count). The number of carbonyl (C=O) groups is 1. The van der Waals surface area contributed by atoms with E-state index in [0.29, 0.717) is 12.0 Å². The molecule has 0 unspecified atom stereocenters. The van der Waals surface area contributed by atoms with Gasteiger partial charge in [0.2, 0.25) is 0 Å². The third kappa shape index (κ3) is 3.12. The Morgan fingerprint density at radius 1 is 1.32 bits per heavy atom. The lowest BCUT2D eigenvalue weighted by Crippen LogP contribution is -2.10. The Morgan fingerprint density at radius 2 is 2.05 bits per heavy atom. The van der Waals surface area contributed by atoms with Crippen molar-refractivity contribution in [1.82, 2.24) is 9.97 Å². The molecule has 0 aliphatic carbocycles. The number of nitrogens with zero attached hydrogens (tertiary/aromatic N) is 1. The molecular formula is C12H10F3N3O. The number of aromatic amines is 1. The Labute approximate surface area is 106 Å². The number of primary amides is 1. The van der Waals surface area contributed by atoms with Gasteiger partial charge in [0, 0.05) is 18.8 Å². The second kappa shape index (κ2) is 4.75. The first kappa shape index (κ1) is 13.1. The lowest BCUT2D eigenvalue weighted by Gasteiger charge is -2.05. The van der Waals surface area contributed by atoms with Crippen molar-refractivity contribution in [3.63, 3.8) is 0 Å². The zero-order valence-electron chi connectivity index (χ0n) is 9.66. The first-order valence-electron chi connectivity index (χ1n) is 5.35. The molecule has 0 aliphatic rings. The molecule has 4 nitrogen and oxygen atoms in total. The van der Waals surface area contributed by atoms with E-state index in [1.165, 1.54) is 12.3 Å². The maximum Gasteiger partial charge on any atom is 0.433 e. The molecule has 3 N–H and O–H groups in total. The number of H-pyrrole nitrogens is 1. The highest BCUT2D eigenvalue weighted by molar-refractivity contribution is 5.91. The van der Waals surface area contributed by atoms with Gasteiger partial charge in [-0.25, -0.2) is 0 Å². The molecule has 2 aromatic rings. The van der Waals surface area contributed by atoms with Crippen molar-refractivity contribution in [3.8, 4) is 0 Å². The standard InChI is InChI=1S/C12H10F3N3O/c13-12(14,15)10-2-1-7(5-18-10)3-8-4-9(11(16)19)17-6-8/h1-2,4-6,17H,3H2,(H2,16,19). The van der Waals surface area contributed by atoms with E-state index in [4.69, 9.17) is 5.73 Å². The van der Waals surface area contributed by atoms with Crippen molar-refractivity contribution in [2.45, 2.75) is 12.6 Å². The van der Waals surface area contributed by atoms with Gasteiger partial charge in [-0.15, -0.1) is 0 Å². The predicted octanol–water partition coefficient (Wildman–Crippen LogP) is 2.12. The molecular weight excluding hydrogens is 259 g/mol. The van der Waals surface area contributed by atoms with Crippen LogP contribution in [-0.4, -0.2) is 15.9 Å². The molecule has 0 aromatic carbocycles. The second-order valence-corrected chi connectivity index (χ2v) is 4.01. The first-order chi connectivity index (χ1) is 8.86. The molecule has 2 aromatic heterocycles. The van der Waals surface area contributed by atoms with Gasteiger partial charge < -0.3 is 10.7 Å². The number of hydrogen-bond donors (Lipinski definition) is 2. The summed E-state index contributed by atoms with van der Waals surface area (Å²) in [7, 11) is 0. The molecule has 0 aliphatic heterocycles. The van der Waals surface area contributed by atoms with E-state index in [1.54, 1.807) is 12.3 Å². The van der Waals surface area contributed by atoms with E-state index in [0.717, 1.165) is 11.6 Å². The van der Waals surface area contributed by atoms with E-state index in [9.17, 15) is 18.0 Å². The molecule has 100 valence electrons. The fourth-order valence-electron chi connectivity index (χ4n) is 1.62. The Balaban J connectivity index is 2.13. The van der Waals surface area contributed by atoms with Crippen LogP contribution in [0.2, 0.25) is 0 Å². The van der Waals surface area contributed by atoms with Gasteiger partial charge in [-0.05, 0) is 23.3 Å². The number of amides is 1. The number of halogens is 3. The van der Waals surface area contributed by atoms with Gasteiger partial charge >= 0.3 is 6.18 Å². The molecule has 7 heteroatoms. The second-order valence-electron chi connectivity index (χ2n) is 4.01. The van der Waals surface area contributed by atoms with Crippen molar-refractivity contribution in [3.05, 3.63) is 53.1 Å². The van der Waals surface area contributed by atoms with Crippen LogP contribution in [0.1, 0.15) is 27.3 Å². The molecule has 19 heavy (non-hydrogen) atoms. The quantitative estimate of drug-likeness (QED) is 0.895. The third-order valence-corrected chi connectivity index (χ3v) is 2.53. The van der Waals surface area contributed by atoms with Crippen LogP contribution in [-0.2, 0) is 12.6 Å². The Bertz CT molecular complexity index is 587. The highest BCUT2D eigenvalue weighted by Crippen LogP contribution is 2.27. The lowest BCUT2D eigenvalue weighted by atomic mass is 10.1. The smallest absolute Gasteiger partial charge is 0.364 e. The molecule has 1 amide bonds. The van der Waals surface area contributed by atoms with Crippen molar-refractivity contribution < 1.29 is 18.0 Å². The summed E-state index contributed by atoms with van der Waals surface area (Å²) in [6.07, 6.45) is -1.32. The lowest BCUT2D eigenvalue weighted by molar-refractivity contribution is -0.141. The van der Waals surface area contributed by atoms with Crippen LogP contribution in [0.25, 0.3) is 0 Å². The average molecular weight is 269 g/mol. The summed E-state index contributed by atoms with van der Waals surface area (Å²) in [6, 6.07) is 3.84. The fourth-order valence-corrected chi connectivity index (χ4v) is 1.62. The molecule has 0 atom stereocenters. The summed E-state index contributed by atoms with van der Waals surface area (Å²) >= 11 is 0. The van der Waals surface area contributed by atoms with E-state index in [-0.39, 0.29) is 5.69 Å². The van der Waals surface area contributed by atoms with E-state index >= 15 is 0 Å². The van der Waals surface area contributed by atoms with Crippen LogP contribution < -0.4 is 5.73 Å². The van der Waals surface area contributed by atoms with Gasteiger partial charge in [0.25, 0.3) is 5.91 Å². The number of pyridine rings is 1. The number of aromatic nitrogens is 2. The Hall–Kier alpha value is -2.31. The maximum absolute atomic E-state index is 12.3. The van der Waals surface area contributed by atoms with Crippen molar-refractivity contribution in [2.75, 3.05) is 0 Å². The number of hydrogen-bond acceptors (Lipinski definition) is 2. The van der Waals surface area contributed by atoms with Gasteiger partial charge in [0.15, 0.2) is 0 Å². The van der Waals surface area contributed by atoms with Gasteiger partial charge in [-0.2, -0.15) is 13.2 Å². The highest BCUT2D eigenvalue weighted by atomic mass is 19.4. The van der Waals surface area contributed by atoms with Gasteiger partial charge in [-0.3, -0.25) is 9.78 Å². The Kier molecular flexibility index (Phi) is 3.28. The maximum atomic E-state index is 12.3. The van der Waals surface area contributed by atoms with Crippen molar-refractivity contribution in [2.24, 2.45) is 5.73 Å². The fraction of sp³-hybridized carbons (Fsp3) is 0.167. The minimum absolute atomic E-state index is 0.259. The van der Waals surface area contributed by atoms with E-state index < -0.39 is 17.8 Å². The van der Waals surface area contributed by atoms with Gasteiger partial charge in [0.1, 0.15) is 11.4 Å². The average Bonchev–Trinajstić information content (AvgIpc) is 2.77. The molecule has 0 saturated heterocycles. The third-order valence-electron chi connectivity index (χ3n) is 2.53. The van der Waals surface area contributed by atoms with Gasteiger partial charge in [0.05, 0.1) is 0 Å². The zero-order valence-corrected chi connectivity index (χ0v) is 9.66. The van der Waals surface area contributed by atoms with Crippen LogP contribution >= 0.6 is 0 Å². The normalized spacial score (nSPS) is 11.5. The topological polar surface area (TPSA) is 71.8 Å². The molecule has 0 saturated carbocycles. The van der Waals surface area contributed by atoms with Crippen LogP contribution in [0.4, 0.5) is 13.2 Å². The summed E-state index contributed by atoms with van der Waals surface area (Å²) in [5, 5.41) is 0. The van der Waals surface area contributed by atoms with Crippen molar-refractivity contribution in [1.29, 1.82) is 0 Å². The van der Waals surface area contributed by atoms with E-state index in [2.05, 4.69) is 9.97 Å². The number of nitrogens with one attached hydrogen (secondary N) is 1. The van der Waals surface area contributed by atoms with Crippen molar-refractivity contribution >= 4 is 5.91 Å². The van der Waals surface area contributed by atoms with Crippen LogP contribution in [0.5, 0.6) is 0 Å². The number of carbonyl (C=O) groups excluding carboxylic acids is 1. The minimum Gasteiger partial charge on any atom is -0.364 e. The minimum atomic E-state index is -4.44. The van der Waals surface area contributed by atoms with E-state index in [1.807, 2.05) is 0 Å². The zero-order chi connectivity index (χ0) is 14.0. The summed E-state index contributed by atoms with van der Waals surface area (Å²) < 4.78 is 37.0. The monoisotopic (exact) mass is 269 g/mol. The molecule has 0 radical (unpaired) electrons. The molecule has 0 spiro atoms.